The van der Waals surface area contributed by atoms with Crippen LogP contribution in [0.25, 0.3) is 10.8 Å². The number of carbonyl (C=O) groups is 1. The quantitative estimate of drug-likeness (QED) is 0.766. The average Bonchev–Trinajstić information content (AvgIpc) is 3.49. The van der Waals surface area contributed by atoms with Crippen LogP contribution < -0.4 is 10.9 Å². The monoisotopic (exact) mass is 446 g/mol. The Labute approximate surface area is 173 Å². The summed E-state index contributed by atoms with van der Waals surface area (Å²) in [6.07, 6.45) is 4.68. The fraction of sp³-hybridized carbons (Fsp3) is 0.571. The molecule has 0 bridgehead atoms. The van der Waals surface area contributed by atoms with Crippen molar-refractivity contribution in [1.82, 2.24) is 20.0 Å². The van der Waals surface area contributed by atoms with Crippen LogP contribution in [0.3, 0.4) is 0 Å². The summed E-state index contributed by atoms with van der Waals surface area (Å²) < 4.78 is 2.23. The van der Waals surface area contributed by atoms with Gasteiger partial charge >= 0.3 is 0 Å². The lowest BCUT2D eigenvalue weighted by atomic mass is 10.0. The fourth-order valence-corrected chi connectivity index (χ4v) is 4.48. The Morgan fingerprint density at radius 3 is 2.79 bits per heavy atom. The molecular weight excluding hydrogens is 420 g/mol. The first kappa shape index (κ1) is 19.6. The van der Waals surface area contributed by atoms with Crippen molar-refractivity contribution in [2.45, 2.75) is 64.1 Å². The van der Waals surface area contributed by atoms with Gasteiger partial charge in [-0.15, -0.1) is 0 Å². The molecule has 1 aromatic carbocycles. The molecule has 0 unspecified atom stereocenters. The third-order valence-electron chi connectivity index (χ3n) is 5.67. The molecule has 0 radical (unpaired) electrons. The van der Waals surface area contributed by atoms with Crippen LogP contribution in [0.1, 0.15) is 51.1 Å². The summed E-state index contributed by atoms with van der Waals surface area (Å²) in [4.78, 5) is 28.0. The maximum atomic E-state index is 12.9. The smallest absolute Gasteiger partial charge is 0.275 e. The number of benzene rings is 1. The van der Waals surface area contributed by atoms with Crippen molar-refractivity contribution in [3.63, 3.8) is 0 Å². The number of aromatic nitrogens is 2. The predicted molar refractivity (Wildman–Crippen MR) is 114 cm³/mol. The molecule has 1 aromatic heterocycles. The Balaban J connectivity index is 1.53. The van der Waals surface area contributed by atoms with E-state index >= 15 is 0 Å². The van der Waals surface area contributed by atoms with Gasteiger partial charge in [-0.2, -0.15) is 5.10 Å². The van der Waals surface area contributed by atoms with Crippen LogP contribution in [0.2, 0.25) is 0 Å². The van der Waals surface area contributed by atoms with Gasteiger partial charge in [0.25, 0.3) is 5.56 Å². The van der Waals surface area contributed by atoms with Crippen LogP contribution in [0, 0.1) is 0 Å². The second-order valence-corrected chi connectivity index (χ2v) is 9.24. The van der Waals surface area contributed by atoms with Gasteiger partial charge in [0.15, 0.2) is 0 Å². The summed E-state index contributed by atoms with van der Waals surface area (Å²) in [5.74, 6) is 0.0144. The highest BCUT2D eigenvalue weighted by Gasteiger charge is 2.33. The molecule has 6 nitrogen and oxygen atoms in total. The highest BCUT2D eigenvalue weighted by atomic mass is 79.9. The molecule has 1 aliphatic heterocycles. The minimum atomic E-state index is -0.217. The molecule has 2 fully saturated rings. The molecule has 2 aromatic rings. The first-order chi connectivity index (χ1) is 13.4. The third kappa shape index (κ3) is 4.15. The van der Waals surface area contributed by atoms with Gasteiger partial charge < -0.3 is 5.32 Å². The van der Waals surface area contributed by atoms with E-state index in [4.69, 9.17) is 0 Å². The van der Waals surface area contributed by atoms with E-state index in [-0.39, 0.29) is 30.0 Å². The van der Waals surface area contributed by atoms with E-state index < -0.39 is 0 Å². The Kier molecular flexibility index (Phi) is 5.56. The van der Waals surface area contributed by atoms with Crippen LogP contribution in [0.4, 0.5) is 0 Å². The third-order valence-corrected chi connectivity index (χ3v) is 6.17. The fourth-order valence-electron chi connectivity index (χ4n) is 4.12. The number of rotatable bonds is 5. The molecule has 4 rings (SSSR count). The van der Waals surface area contributed by atoms with Crippen molar-refractivity contribution >= 4 is 32.6 Å². The molecule has 1 N–H and O–H groups in total. The van der Waals surface area contributed by atoms with E-state index in [2.05, 4.69) is 31.2 Å². The number of piperidine rings is 1. The summed E-state index contributed by atoms with van der Waals surface area (Å²) in [6, 6.07) is 6.47. The number of amides is 1. The molecule has 28 heavy (non-hydrogen) atoms. The van der Waals surface area contributed by atoms with Crippen molar-refractivity contribution in [2.24, 2.45) is 0 Å². The molecule has 1 atom stereocenters. The normalized spacial score (nSPS) is 20.6. The molecule has 7 heteroatoms. The van der Waals surface area contributed by atoms with Crippen LogP contribution in [0.5, 0.6) is 0 Å². The van der Waals surface area contributed by atoms with Gasteiger partial charge in [0.2, 0.25) is 5.91 Å². The highest BCUT2D eigenvalue weighted by Crippen LogP contribution is 2.29. The van der Waals surface area contributed by atoms with E-state index in [0.717, 1.165) is 47.5 Å². The van der Waals surface area contributed by atoms with Gasteiger partial charge in [0.1, 0.15) is 6.54 Å². The molecular formula is C21H27BrN4O2. The number of hydrogen-bond acceptors (Lipinski definition) is 4. The minimum Gasteiger partial charge on any atom is -0.350 e. The molecule has 2 heterocycles. The average molecular weight is 447 g/mol. The molecule has 1 saturated carbocycles. The van der Waals surface area contributed by atoms with Crippen molar-refractivity contribution in [3.8, 4) is 0 Å². The van der Waals surface area contributed by atoms with Crippen molar-refractivity contribution < 1.29 is 4.79 Å². The zero-order valence-corrected chi connectivity index (χ0v) is 18.0. The highest BCUT2D eigenvalue weighted by molar-refractivity contribution is 9.10. The van der Waals surface area contributed by atoms with E-state index in [0.29, 0.717) is 5.39 Å². The standard InChI is InChI=1S/C21H27BrN4O2/c1-13(2)20-18-10-14(22)5-8-17(18)21(28)26(24-20)12-19(27)23-15-4-3-9-25(11-15)16-6-7-16/h5,8,10,13,15-16H,3-4,6-7,9,11-12H2,1-2H3,(H,23,27)/t15-/m0/s1. The summed E-state index contributed by atoms with van der Waals surface area (Å²) in [7, 11) is 0. The maximum absolute atomic E-state index is 12.9. The predicted octanol–water partition coefficient (Wildman–Crippen LogP) is 3.03. The number of halogens is 1. The summed E-state index contributed by atoms with van der Waals surface area (Å²) in [6.45, 7) is 6.11. The summed E-state index contributed by atoms with van der Waals surface area (Å²) in [5, 5.41) is 9.11. The topological polar surface area (TPSA) is 67.2 Å². The summed E-state index contributed by atoms with van der Waals surface area (Å²) in [5.41, 5.74) is 0.617. The van der Waals surface area contributed by atoms with E-state index in [1.165, 1.54) is 17.5 Å². The largest absolute Gasteiger partial charge is 0.350 e. The van der Waals surface area contributed by atoms with Gasteiger partial charge in [-0.25, -0.2) is 4.68 Å². The van der Waals surface area contributed by atoms with Gasteiger partial charge in [-0.05, 0) is 56.3 Å². The lowest BCUT2D eigenvalue weighted by Gasteiger charge is -2.33. The number of likely N-dealkylation sites (tertiary alicyclic amines) is 1. The number of hydrogen-bond donors (Lipinski definition) is 1. The van der Waals surface area contributed by atoms with Crippen LogP contribution in [-0.2, 0) is 11.3 Å². The minimum absolute atomic E-state index is 0.0372. The van der Waals surface area contributed by atoms with Crippen LogP contribution >= 0.6 is 15.9 Å². The SMILES string of the molecule is CC(C)c1nn(CC(=O)N[C@H]2CCCN(C3CC3)C2)c(=O)c2ccc(Br)cc12. The maximum Gasteiger partial charge on any atom is 0.275 e. The van der Waals surface area contributed by atoms with Gasteiger partial charge in [0.05, 0.1) is 11.1 Å². The molecule has 0 spiro atoms. The first-order valence-corrected chi connectivity index (χ1v) is 11.0. The number of nitrogens with zero attached hydrogens (tertiary/aromatic N) is 3. The van der Waals surface area contributed by atoms with Crippen LogP contribution in [0.15, 0.2) is 27.5 Å². The van der Waals surface area contributed by atoms with Crippen molar-refractivity contribution in [3.05, 3.63) is 38.7 Å². The molecule has 1 aliphatic carbocycles. The Morgan fingerprint density at radius 2 is 2.07 bits per heavy atom. The Morgan fingerprint density at radius 1 is 1.29 bits per heavy atom. The Bertz CT molecular complexity index is 951. The van der Waals surface area contributed by atoms with Gasteiger partial charge in [-0.1, -0.05) is 29.8 Å². The lowest BCUT2D eigenvalue weighted by molar-refractivity contribution is -0.123. The zero-order chi connectivity index (χ0) is 19.8. The molecule has 1 amide bonds. The van der Waals surface area contributed by atoms with Crippen molar-refractivity contribution in [2.75, 3.05) is 13.1 Å². The second-order valence-electron chi connectivity index (χ2n) is 8.33. The molecule has 2 aliphatic rings. The Hall–Kier alpha value is -1.73. The number of nitrogens with one attached hydrogen (secondary N) is 1. The van der Waals surface area contributed by atoms with Crippen molar-refractivity contribution in [1.29, 1.82) is 0 Å². The van der Waals surface area contributed by atoms with E-state index in [1.807, 2.05) is 26.0 Å². The first-order valence-electron chi connectivity index (χ1n) is 10.2. The lowest BCUT2D eigenvalue weighted by Crippen LogP contribution is -2.49. The molecule has 150 valence electrons. The number of carbonyl (C=O) groups excluding carboxylic acids is 1. The number of fused-ring (bicyclic) bond motifs is 1. The van der Waals surface area contributed by atoms with Gasteiger partial charge in [-0.3, -0.25) is 14.5 Å². The van der Waals surface area contributed by atoms with Crippen LogP contribution in [-0.4, -0.2) is 45.8 Å². The zero-order valence-electron chi connectivity index (χ0n) is 16.4. The van der Waals surface area contributed by atoms with E-state index in [1.54, 1.807) is 6.07 Å². The van der Waals surface area contributed by atoms with Gasteiger partial charge in [0, 0.05) is 28.5 Å². The van der Waals surface area contributed by atoms with E-state index in [9.17, 15) is 9.59 Å². The second kappa shape index (κ2) is 7.95. The molecule has 1 saturated heterocycles. The summed E-state index contributed by atoms with van der Waals surface area (Å²) >= 11 is 3.47.